The maximum atomic E-state index is 11.6. The molecule has 0 aromatic rings. The lowest BCUT2D eigenvalue weighted by molar-refractivity contribution is -0.412. The average molecular weight is 1200 g/mol. The number of unbranched alkanes of at least 4 members (excludes halogenated alkanes) is 13. The van der Waals surface area contributed by atoms with Crippen molar-refractivity contribution in [1.82, 2.24) is 0 Å². The summed E-state index contributed by atoms with van der Waals surface area (Å²) < 4.78 is 69.0. The summed E-state index contributed by atoms with van der Waals surface area (Å²) in [5, 5.41) is 174. The van der Waals surface area contributed by atoms with Gasteiger partial charge in [0.05, 0.1) is 46.2 Å². The fourth-order valence-electron chi connectivity index (χ4n) is 11.2. The molecule has 0 aromatic carbocycles. The molecule has 16 N–H and O–H groups in total. The van der Waals surface area contributed by atoms with Gasteiger partial charge < -0.3 is 134 Å². The topological polar surface area (TPSA) is 425 Å². The molecule has 82 heavy (non-hydrogen) atoms. The van der Waals surface area contributed by atoms with Crippen molar-refractivity contribution in [1.29, 1.82) is 0 Å². The van der Waals surface area contributed by atoms with Crippen LogP contribution in [0.4, 0.5) is 0 Å². The van der Waals surface area contributed by atoms with Crippen molar-refractivity contribution in [2.45, 2.75) is 290 Å². The molecule has 0 spiro atoms. The van der Waals surface area contributed by atoms with E-state index in [0.717, 1.165) is 103 Å². The van der Waals surface area contributed by atoms with Crippen molar-refractivity contribution in [3.8, 4) is 0 Å². The van der Waals surface area contributed by atoms with Gasteiger partial charge in [-0.25, -0.2) is 0 Å². The van der Waals surface area contributed by atoms with E-state index in [1.54, 1.807) is 0 Å². The third-order valence-electron chi connectivity index (χ3n) is 16.5. The maximum absolute atomic E-state index is 11.6. The fraction of sp³-hybridized carbons (Fsp3) is 1.00. The lowest BCUT2D eigenvalue weighted by atomic mass is 9.79. The van der Waals surface area contributed by atoms with Gasteiger partial charge in [-0.15, -0.1) is 0 Å². The monoisotopic (exact) mass is 1190 g/mol. The Morgan fingerprint density at radius 1 is 0.317 bits per heavy atom. The number of ether oxygens (including phenoxy) is 11. The van der Waals surface area contributed by atoms with E-state index in [1.165, 1.54) is 0 Å². The van der Waals surface area contributed by atoms with Gasteiger partial charge in [0.15, 0.2) is 31.5 Å². The summed E-state index contributed by atoms with van der Waals surface area (Å²) in [6, 6.07) is 0. The minimum absolute atomic E-state index is 0.129. The Kier molecular flexibility index (Phi) is 31.8. The van der Waals surface area contributed by atoms with Gasteiger partial charge >= 0.3 is 0 Å². The molecular weight excluding hydrogens is 1090 g/mol. The van der Waals surface area contributed by atoms with Crippen LogP contribution in [-0.4, -0.2) is 288 Å². The van der Waals surface area contributed by atoms with Gasteiger partial charge in [0.25, 0.3) is 0 Å². The van der Waals surface area contributed by atoms with Gasteiger partial charge in [-0.05, 0) is 19.3 Å². The average Bonchev–Trinajstić information content (AvgIpc) is 3.41. The highest BCUT2D eigenvalue weighted by atomic mass is 16.8. The Morgan fingerprint density at radius 2 is 0.659 bits per heavy atom. The Bertz CT molecular complexity index is 1650. The predicted octanol–water partition coefficient (Wildman–Crippen LogP) is -2.82. The first kappa shape index (κ1) is 71.7. The molecule has 0 aromatic heterocycles. The van der Waals surface area contributed by atoms with Gasteiger partial charge in [0.2, 0.25) is 0 Å². The standard InChI is InChI=1S/C55H102O27/c1-4-7-10-13-15-17-20-55(21-18-16-14-11-8-5-2,28-72-22-19-12-9-6-3)29-74-54-49(82-53-46(71)42(67)38(63)33(26-59)78-53)48(81-52-45(70)41(66)37(62)32(25-58)77-52)47(80-51-44(69)40(65)36(61)31(24-57)76-51)34(79-54)27-73-50-43(68)39(64)35(60)30(23-56)75-50/h30-54,56-71H,4-29H2,1-3H3/t30?,31?,32?,33?,34?,35-,36-,37-,38-,39+,40+,41+,42+,43?,44?,45?,46?,47-,48+,49?,50-,51+,52+,53+,54-/m1/s1. The minimum Gasteiger partial charge on any atom is -0.394 e. The summed E-state index contributed by atoms with van der Waals surface area (Å²) in [4.78, 5) is 0. The number of aliphatic hydroxyl groups excluding tert-OH is 16. The zero-order valence-corrected chi connectivity index (χ0v) is 48.0. The zero-order chi connectivity index (χ0) is 60.1. The molecule has 484 valence electrons. The highest BCUT2D eigenvalue weighted by Crippen LogP contribution is 2.40. The van der Waals surface area contributed by atoms with Gasteiger partial charge in [-0.3, -0.25) is 0 Å². The van der Waals surface area contributed by atoms with Crippen LogP contribution >= 0.6 is 0 Å². The third-order valence-corrected chi connectivity index (χ3v) is 16.5. The van der Waals surface area contributed by atoms with Crippen LogP contribution in [0.25, 0.3) is 0 Å². The summed E-state index contributed by atoms with van der Waals surface area (Å²) in [6.07, 6.45) is -30.4. The molecule has 5 aliphatic rings. The van der Waals surface area contributed by atoms with Crippen LogP contribution < -0.4 is 0 Å². The molecule has 0 amide bonds. The number of aliphatic hydroxyl groups is 16. The third kappa shape index (κ3) is 19.5. The van der Waals surface area contributed by atoms with E-state index in [9.17, 15) is 81.7 Å². The molecule has 0 bridgehead atoms. The van der Waals surface area contributed by atoms with Crippen LogP contribution in [0.1, 0.15) is 136 Å². The van der Waals surface area contributed by atoms with Crippen molar-refractivity contribution in [2.24, 2.45) is 5.41 Å². The van der Waals surface area contributed by atoms with Gasteiger partial charge in [-0.2, -0.15) is 0 Å². The Morgan fingerprint density at radius 3 is 1.07 bits per heavy atom. The summed E-state index contributed by atoms with van der Waals surface area (Å²) >= 11 is 0. The molecule has 0 aliphatic carbocycles. The van der Waals surface area contributed by atoms with E-state index < -0.39 is 192 Å². The summed E-state index contributed by atoms with van der Waals surface area (Å²) in [7, 11) is 0. The Balaban J connectivity index is 1.69. The molecular formula is C55H102O27. The molecule has 5 heterocycles. The van der Waals surface area contributed by atoms with E-state index in [2.05, 4.69) is 20.8 Å². The smallest absolute Gasteiger partial charge is 0.187 e. The first-order chi connectivity index (χ1) is 39.3. The van der Waals surface area contributed by atoms with Crippen LogP contribution in [0, 0.1) is 5.41 Å². The molecule has 0 radical (unpaired) electrons. The summed E-state index contributed by atoms with van der Waals surface area (Å²) in [5.74, 6) is 0. The van der Waals surface area contributed by atoms with E-state index in [0.29, 0.717) is 19.4 Å². The van der Waals surface area contributed by atoms with Crippen molar-refractivity contribution in [3.05, 3.63) is 0 Å². The Labute approximate surface area is 480 Å². The molecule has 27 nitrogen and oxygen atoms in total. The summed E-state index contributed by atoms with van der Waals surface area (Å²) in [5.41, 5.74) is -0.725. The van der Waals surface area contributed by atoms with Crippen LogP contribution in [0.5, 0.6) is 0 Å². The SMILES string of the molecule is CCCCCCCCC(CCCCCCCC)(COCCCCCC)CO[C@@H]1OC(CO[C@@H]2OC(CO)[C@@H](O)[C@H](O)C2O)[C@@H](O[C@@H]2OC(CO)[C@@H](O)[C@H](O)C2O)[C@H](O[C@@H]2OC(CO)[C@@H](O)[C@H](O)C2O)C1O[C@@H]1OC(CO)[C@@H](O)[C@H](O)C1O. The summed E-state index contributed by atoms with van der Waals surface area (Å²) in [6.45, 7) is 2.58. The van der Waals surface area contributed by atoms with Crippen molar-refractivity contribution < 1.29 is 134 Å². The lowest BCUT2D eigenvalue weighted by Gasteiger charge is -2.52. The van der Waals surface area contributed by atoms with Crippen molar-refractivity contribution >= 4 is 0 Å². The molecule has 5 saturated heterocycles. The zero-order valence-electron chi connectivity index (χ0n) is 48.0. The maximum Gasteiger partial charge on any atom is 0.187 e. The van der Waals surface area contributed by atoms with Gasteiger partial charge in [0.1, 0.15) is 122 Å². The van der Waals surface area contributed by atoms with E-state index in [-0.39, 0.29) is 13.2 Å². The second-order valence-electron chi connectivity index (χ2n) is 22.9. The molecule has 27 heteroatoms. The lowest BCUT2D eigenvalue weighted by Crippen LogP contribution is -2.69. The van der Waals surface area contributed by atoms with Crippen molar-refractivity contribution in [2.75, 3.05) is 52.9 Å². The Hall–Kier alpha value is -1.08. The number of hydrogen-bond acceptors (Lipinski definition) is 27. The first-order valence-corrected chi connectivity index (χ1v) is 30.0. The van der Waals surface area contributed by atoms with Crippen LogP contribution in [0.2, 0.25) is 0 Å². The van der Waals surface area contributed by atoms with Crippen LogP contribution in [0.3, 0.4) is 0 Å². The van der Waals surface area contributed by atoms with E-state index in [1.807, 2.05) is 0 Å². The van der Waals surface area contributed by atoms with E-state index >= 15 is 0 Å². The molecule has 5 rings (SSSR count). The molecule has 25 atom stereocenters. The molecule has 5 aliphatic heterocycles. The highest BCUT2D eigenvalue weighted by molar-refractivity contribution is 5.00. The molecule has 10 unspecified atom stereocenters. The van der Waals surface area contributed by atoms with Crippen LogP contribution in [0.15, 0.2) is 0 Å². The molecule has 5 fully saturated rings. The molecule has 0 saturated carbocycles. The minimum atomic E-state index is -2.14. The quantitative estimate of drug-likeness (QED) is 0.0279. The van der Waals surface area contributed by atoms with E-state index in [4.69, 9.17) is 52.1 Å². The fourth-order valence-corrected chi connectivity index (χ4v) is 11.2. The van der Waals surface area contributed by atoms with Crippen molar-refractivity contribution in [3.63, 3.8) is 0 Å². The predicted molar refractivity (Wildman–Crippen MR) is 284 cm³/mol. The van der Waals surface area contributed by atoms with Crippen LogP contribution in [-0.2, 0) is 52.1 Å². The normalized spacial score (nSPS) is 40.4. The van der Waals surface area contributed by atoms with Gasteiger partial charge in [-0.1, -0.05) is 117 Å². The second kappa shape index (κ2) is 36.4. The number of rotatable bonds is 37. The second-order valence-corrected chi connectivity index (χ2v) is 22.9. The largest absolute Gasteiger partial charge is 0.394 e. The highest BCUT2D eigenvalue weighted by Gasteiger charge is 2.58. The number of hydrogen-bond donors (Lipinski definition) is 16. The van der Waals surface area contributed by atoms with Gasteiger partial charge in [0, 0.05) is 12.0 Å². The first-order valence-electron chi connectivity index (χ1n) is 30.0.